The van der Waals surface area contributed by atoms with Crippen LogP contribution in [0.4, 0.5) is 0 Å². The molecule has 1 fully saturated rings. The van der Waals surface area contributed by atoms with Crippen molar-refractivity contribution in [3.05, 3.63) is 42.0 Å². The van der Waals surface area contributed by atoms with Crippen LogP contribution in [0.3, 0.4) is 0 Å². The summed E-state index contributed by atoms with van der Waals surface area (Å²) in [6.07, 6.45) is 0. The van der Waals surface area contributed by atoms with Crippen molar-refractivity contribution in [1.82, 2.24) is 5.32 Å². The fourth-order valence-electron chi connectivity index (χ4n) is 3.44. The van der Waals surface area contributed by atoms with Gasteiger partial charge in [-0.15, -0.1) is 0 Å². The van der Waals surface area contributed by atoms with Crippen LogP contribution in [0.5, 0.6) is 5.75 Å². The molecule has 0 aromatic heterocycles. The lowest BCUT2D eigenvalue weighted by Gasteiger charge is -2.08. The van der Waals surface area contributed by atoms with Gasteiger partial charge >= 0.3 is 0 Å². The maximum absolute atomic E-state index is 5.27. The van der Waals surface area contributed by atoms with Crippen LogP contribution in [0.25, 0.3) is 10.8 Å². The van der Waals surface area contributed by atoms with Crippen LogP contribution >= 0.6 is 0 Å². The SMILES string of the molecule is COc1ccc2cc(CNC3C(C)(C)C3(C)C)ccc2c1. The molecule has 21 heavy (non-hydrogen) atoms. The molecule has 0 radical (unpaired) electrons. The van der Waals surface area contributed by atoms with Gasteiger partial charge in [0.05, 0.1) is 7.11 Å². The van der Waals surface area contributed by atoms with E-state index in [1.54, 1.807) is 7.11 Å². The Morgan fingerprint density at radius 1 is 0.952 bits per heavy atom. The Labute approximate surface area is 127 Å². The highest BCUT2D eigenvalue weighted by Crippen LogP contribution is 2.62. The quantitative estimate of drug-likeness (QED) is 0.899. The largest absolute Gasteiger partial charge is 0.497 e. The Morgan fingerprint density at radius 2 is 1.57 bits per heavy atom. The maximum Gasteiger partial charge on any atom is 0.119 e. The predicted molar refractivity (Wildman–Crippen MR) is 88.7 cm³/mol. The highest BCUT2D eigenvalue weighted by atomic mass is 16.5. The van der Waals surface area contributed by atoms with Crippen molar-refractivity contribution in [2.24, 2.45) is 10.8 Å². The second-order valence-corrected chi connectivity index (χ2v) is 7.30. The Bertz CT molecular complexity index is 658. The molecule has 2 nitrogen and oxygen atoms in total. The van der Waals surface area contributed by atoms with Crippen LogP contribution < -0.4 is 10.1 Å². The first-order valence-corrected chi connectivity index (χ1v) is 7.66. The molecule has 112 valence electrons. The van der Waals surface area contributed by atoms with Crippen molar-refractivity contribution in [3.8, 4) is 5.75 Å². The molecule has 2 aromatic rings. The van der Waals surface area contributed by atoms with E-state index in [1.165, 1.54) is 16.3 Å². The number of rotatable bonds is 4. The van der Waals surface area contributed by atoms with Crippen molar-refractivity contribution in [3.63, 3.8) is 0 Å². The molecule has 0 saturated heterocycles. The first-order valence-electron chi connectivity index (χ1n) is 7.66. The topological polar surface area (TPSA) is 21.3 Å². The summed E-state index contributed by atoms with van der Waals surface area (Å²) in [5.41, 5.74) is 2.11. The molecule has 0 spiro atoms. The molecule has 0 heterocycles. The van der Waals surface area contributed by atoms with Gasteiger partial charge in [0, 0.05) is 12.6 Å². The van der Waals surface area contributed by atoms with E-state index >= 15 is 0 Å². The molecule has 1 aliphatic rings. The van der Waals surface area contributed by atoms with E-state index in [0.29, 0.717) is 16.9 Å². The summed E-state index contributed by atoms with van der Waals surface area (Å²) in [6.45, 7) is 10.3. The van der Waals surface area contributed by atoms with Crippen molar-refractivity contribution in [2.45, 2.75) is 40.3 Å². The molecule has 0 unspecified atom stereocenters. The average Bonchev–Trinajstić information content (AvgIpc) is 2.85. The number of hydrogen-bond acceptors (Lipinski definition) is 2. The van der Waals surface area contributed by atoms with Gasteiger partial charge in [-0.1, -0.05) is 45.9 Å². The van der Waals surface area contributed by atoms with E-state index in [-0.39, 0.29) is 0 Å². The molecule has 1 saturated carbocycles. The normalized spacial score (nSPS) is 19.7. The first kappa shape index (κ1) is 14.4. The summed E-state index contributed by atoms with van der Waals surface area (Å²) in [4.78, 5) is 0. The van der Waals surface area contributed by atoms with E-state index < -0.39 is 0 Å². The summed E-state index contributed by atoms with van der Waals surface area (Å²) in [6, 6.07) is 13.5. The molecule has 3 rings (SSSR count). The molecule has 0 amide bonds. The first-order chi connectivity index (χ1) is 9.86. The van der Waals surface area contributed by atoms with Gasteiger partial charge in [0.25, 0.3) is 0 Å². The minimum absolute atomic E-state index is 0.386. The summed E-state index contributed by atoms with van der Waals surface area (Å²) in [7, 11) is 1.71. The number of fused-ring (bicyclic) bond motifs is 1. The Hall–Kier alpha value is -1.54. The Balaban J connectivity index is 1.74. The van der Waals surface area contributed by atoms with Gasteiger partial charge in [-0.25, -0.2) is 0 Å². The fraction of sp³-hybridized carbons (Fsp3) is 0.474. The maximum atomic E-state index is 5.27. The standard InChI is InChI=1S/C19H25NO/c1-18(2)17(19(18,3)4)20-12-13-6-7-15-11-16(21-5)9-8-14(15)10-13/h6-11,17,20H,12H2,1-5H3. The zero-order valence-corrected chi connectivity index (χ0v) is 13.7. The van der Waals surface area contributed by atoms with Crippen LogP contribution in [0, 0.1) is 10.8 Å². The van der Waals surface area contributed by atoms with E-state index in [9.17, 15) is 0 Å². The summed E-state index contributed by atoms with van der Waals surface area (Å²) in [5.74, 6) is 0.912. The highest BCUT2D eigenvalue weighted by molar-refractivity contribution is 5.84. The average molecular weight is 283 g/mol. The lowest BCUT2D eigenvalue weighted by Crippen LogP contribution is -2.21. The van der Waals surface area contributed by atoms with Crippen molar-refractivity contribution in [1.29, 1.82) is 0 Å². The second kappa shape index (κ2) is 4.74. The minimum atomic E-state index is 0.386. The van der Waals surface area contributed by atoms with E-state index in [2.05, 4.69) is 63.3 Å². The van der Waals surface area contributed by atoms with E-state index in [0.717, 1.165) is 12.3 Å². The fourth-order valence-corrected chi connectivity index (χ4v) is 3.44. The number of methoxy groups -OCH3 is 1. The third-order valence-electron chi connectivity index (χ3n) is 5.64. The minimum Gasteiger partial charge on any atom is -0.497 e. The number of benzene rings is 2. The summed E-state index contributed by atoms with van der Waals surface area (Å²) < 4.78 is 5.27. The molecule has 2 aromatic carbocycles. The third kappa shape index (κ3) is 2.32. The number of ether oxygens (including phenoxy) is 1. The Kier molecular flexibility index (Phi) is 3.25. The molecule has 0 atom stereocenters. The smallest absolute Gasteiger partial charge is 0.119 e. The third-order valence-corrected chi connectivity index (χ3v) is 5.64. The molecule has 1 N–H and O–H groups in total. The zero-order chi connectivity index (χ0) is 15.3. The van der Waals surface area contributed by atoms with Crippen LogP contribution in [0.2, 0.25) is 0 Å². The molecular weight excluding hydrogens is 258 g/mol. The van der Waals surface area contributed by atoms with Gasteiger partial charge in [0.1, 0.15) is 5.75 Å². The van der Waals surface area contributed by atoms with Gasteiger partial charge < -0.3 is 10.1 Å². The van der Waals surface area contributed by atoms with Crippen molar-refractivity contribution in [2.75, 3.05) is 7.11 Å². The van der Waals surface area contributed by atoms with Crippen LogP contribution in [0.1, 0.15) is 33.3 Å². The molecule has 0 bridgehead atoms. The monoisotopic (exact) mass is 283 g/mol. The Morgan fingerprint density at radius 3 is 2.19 bits per heavy atom. The van der Waals surface area contributed by atoms with Crippen LogP contribution in [-0.4, -0.2) is 13.2 Å². The molecule has 0 aliphatic heterocycles. The number of nitrogens with one attached hydrogen (secondary N) is 1. The highest BCUT2D eigenvalue weighted by Gasteiger charge is 2.64. The van der Waals surface area contributed by atoms with Gasteiger partial charge in [-0.05, 0) is 45.4 Å². The van der Waals surface area contributed by atoms with Crippen molar-refractivity contribution < 1.29 is 4.74 Å². The second-order valence-electron chi connectivity index (χ2n) is 7.30. The summed E-state index contributed by atoms with van der Waals surface area (Å²) >= 11 is 0. The predicted octanol–water partition coefficient (Wildman–Crippen LogP) is 4.37. The van der Waals surface area contributed by atoms with Gasteiger partial charge in [0.2, 0.25) is 0 Å². The zero-order valence-electron chi connectivity index (χ0n) is 13.7. The molecular formula is C19H25NO. The molecule has 1 aliphatic carbocycles. The van der Waals surface area contributed by atoms with E-state index in [4.69, 9.17) is 4.74 Å². The van der Waals surface area contributed by atoms with Gasteiger partial charge in [0.15, 0.2) is 0 Å². The van der Waals surface area contributed by atoms with Crippen LogP contribution in [0.15, 0.2) is 36.4 Å². The van der Waals surface area contributed by atoms with Gasteiger partial charge in [-0.3, -0.25) is 0 Å². The van der Waals surface area contributed by atoms with Crippen LogP contribution in [-0.2, 0) is 6.54 Å². The molecule has 2 heteroatoms. The van der Waals surface area contributed by atoms with E-state index in [1.807, 2.05) is 6.07 Å². The van der Waals surface area contributed by atoms with Gasteiger partial charge in [-0.2, -0.15) is 0 Å². The van der Waals surface area contributed by atoms with Crippen molar-refractivity contribution >= 4 is 10.8 Å². The number of hydrogen-bond donors (Lipinski definition) is 1. The summed E-state index contributed by atoms with van der Waals surface area (Å²) in [5, 5.41) is 6.21. The lowest BCUT2D eigenvalue weighted by molar-refractivity contribution is 0.415. The lowest BCUT2D eigenvalue weighted by atomic mass is 10.0.